The lowest BCUT2D eigenvalue weighted by Crippen LogP contribution is -2.42. The maximum absolute atomic E-state index is 12.4. The van der Waals surface area contributed by atoms with Crippen molar-refractivity contribution in [2.75, 3.05) is 5.32 Å². The molecule has 1 atom stereocenters. The van der Waals surface area contributed by atoms with Crippen molar-refractivity contribution in [3.8, 4) is 11.8 Å². The third kappa shape index (κ3) is 6.56. The first-order chi connectivity index (χ1) is 15.9. The van der Waals surface area contributed by atoms with Gasteiger partial charge in [-0.1, -0.05) is 41.9 Å². The minimum Gasteiger partial charge on any atom is -0.480 e. The van der Waals surface area contributed by atoms with Gasteiger partial charge in [-0.25, -0.2) is 9.59 Å². The van der Waals surface area contributed by atoms with Crippen LogP contribution in [0.15, 0.2) is 72.8 Å². The third-order valence-electron chi connectivity index (χ3n) is 4.53. The predicted molar refractivity (Wildman–Crippen MR) is 121 cm³/mol. The van der Waals surface area contributed by atoms with Crippen LogP contribution in [0.5, 0.6) is 5.75 Å². The smallest absolute Gasteiger partial charge is 0.417 e. The van der Waals surface area contributed by atoms with E-state index in [4.69, 9.17) is 21.6 Å². The largest absolute Gasteiger partial charge is 0.480 e. The first-order valence-corrected chi connectivity index (χ1v) is 10.1. The van der Waals surface area contributed by atoms with Gasteiger partial charge in [-0.2, -0.15) is 5.26 Å². The highest BCUT2D eigenvalue weighted by Crippen LogP contribution is 2.17. The quantitative estimate of drug-likeness (QED) is 0.480. The molecule has 8 nitrogen and oxygen atoms in total. The van der Waals surface area contributed by atoms with E-state index in [1.807, 2.05) is 6.07 Å². The Morgan fingerprint density at radius 3 is 2.42 bits per heavy atom. The van der Waals surface area contributed by atoms with Gasteiger partial charge >= 0.3 is 12.1 Å². The average molecular weight is 464 g/mol. The van der Waals surface area contributed by atoms with E-state index < -0.39 is 24.0 Å². The maximum atomic E-state index is 12.4. The summed E-state index contributed by atoms with van der Waals surface area (Å²) in [6, 6.07) is 19.7. The number of hydrogen-bond donors (Lipinski definition) is 3. The maximum Gasteiger partial charge on any atom is 0.417 e. The van der Waals surface area contributed by atoms with Crippen LogP contribution >= 0.6 is 11.6 Å². The van der Waals surface area contributed by atoms with Crippen LogP contribution in [-0.4, -0.2) is 29.1 Å². The highest BCUT2D eigenvalue weighted by molar-refractivity contribution is 6.33. The van der Waals surface area contributed by atoms with E-state index >= 15 is 0 Å². The molecule has 0 aromatic heterocycles. The Bertz CT molecular complexity index is 1220. The first-order valence-electron chi connectivity index (χ1n) is 9.72. The summed E-state index contributed by atoms with van der Waals surface area (Å²) in [4.78, 5) is 36.1. The van der Waals surface area contributed by atoms with E-state index in [1.165, 1.54) is 24.3 Å². The lowest BCUT2D eigenvalue weighted by Gasteiger charge is -2.15. The molecular weight excluding hydrogens is 446 g/mol. The molecule has 0 fully saturated rings. The van der Waals surface area contributed by atoms with Crippen molar-refractivity contribution in [2.45, 2.75) is 12.5 Å². The van der Waals surface area contributed by atoms with E-state index in [-0.39, 0.29) is 22.8 Å². The first kappa shape index (κ1) is 23.3. The van der Waals surface area contributed by atoms with Gasteiger partial charge in [-0.05, 0) is 48.0 Å². The summed E-state index contributed by atoms with van der Waals surface area (Å²) < 4.78 is 5.20. The molecule has 0 aliphatic rings. The molecule has 3 aromatic carbocycles. The molecule has 0 aliphatic heterocycles. The number of halogens is 1. The highest BCUT2D eigenvalue weighted by Gasteiger charge is 2.22. The topological polar surface area (TPSA) is 129 Å². The minimum absolute atomic E-state index is 0.0129. The number of carbonyl (C=O) groups excluding carboxylic acids is 2. The fourth-order valence-corrected chi connectivity index (χ4v) is 3.15. The zero-order chi connectivity index (χ0) is 23.8. The van der Waals surface area contributed by atoms with Crippen molar-refractivity contribution in [2.24, 2.45) is 0 Å². The Morgan fingerprint density at radius 1 is 1.03 bits per heavy atom. The van der Waals surface area contributed by atoms with Crippen molar-refractivity contribution >= 4 is 35.3 Å². The number of rotatable bonds is 7. The van der Waals surface area contributed by atoms with Crippen LogP contribution in [0, 0.1) is 11.3 Å². The standard InChI is InChI=1S/C24H18ClN3O5/c25-20-7-2-1-6-19(20)22(29)28-21(23(30)31)13-15-8-10-18(11-9-15)33-24(32)27-17-5-3-4-16(12-17)14-26/h1-12,21H,13H2,(H,27,32)(H,28,29)(H,30,31)/t21-/m0/s1. The van der Waals surface area contributed by atoms with Crippen LogP contribution < -0.4 is 15.4 Å². The van der Waals surface area contributed by atoms with Gasteiger partial charge in [0.25, 0.3) is 5.91 Å². The van der Waals surface area contributed by atoms with Gasteiger partial charge in [0, 0.05) is 12.1 Å². The Kier molecular flexibility index (Phi) is 7.63. The van der Waals surface area contributed by atoms with Gasteiger partial charge < -0.3 is 15.2 Å². The summed E-state index contributed by atoms with van der Waals surface area (Å²) >= 11 is 6.00. The second kappa shape index (κ2) is 10.8. The second-order valence-electron chi connectivity index (χ2n) is 6.90. The normalized spacial score (nSPS) is 11.0. The van der Waals surface area contributed by atoms with E-state index in [1.54, 1.807) is 48.5 Å². The lowest BCUT2D eigenvalue weighted by atomic mass is 10.1. The van der Waals surface area contributed by atoms with Gasteiger partial charge in [0.1, 0.15) is 11.8 Å². The molecule has 3 N–H and O–H groups in total. The number of carboxylic acid groups (broad SMARTS) is 1. The molecule has 2 amide bonds. The number of carbonyl (C=O) groups is 3. The van der Waals surface area contributed by atoms with Gasteiger partial charge in [-0.15, -0.1) is 0 Å². The zero-order valence-corrected chi connectivity index (χ0v) is 17.9. The van der Waals surface area contributed by atoms with Crippen molar-refractivity contribution in [1.82, 2.24) is 5.32 Å². The molecular formula is C24H18ClN3O5. The number of amides is 2. The van der Waals surface area contributed by atoms with Crippen LogP contribution in [0.2, 0.25) is 5.02 Å². The highest BCUT2D eigenvalue weighted by atomic mass is 35.5. The Morgan fingerprint density at radius 2 is 1.76 bits per heavy atom. The molecule has 0 unspecified atom stereocenters. The molecule has 0 heterocycles. The molecule has 0 radical (unpaired) electrons. The van der Waals surface area contributed by atoms with Crippen LogP contribution in [0.3, 0.4) is 0 Å². The number of hydrogen-bond acceptors (Lipinski definition) is 5. The van der Waals surface area contributed by atoms with Crippen molar-refractivity contribution < 1.29 is 24.2 Å². The molecule has 0 spiro atoms. The fourth-order valence-electron chi connectivity index (χ4n) is 2.93. The molecule has 166 valence electrons. The van der Waals surface area contributed by atoms with E-state index in [9.17, 15) is 19.5 Å². The number of benzene rings is 3. The Hall–Kier alpha value is -4.35. The monoisotopic (exact) mass is 463 g/mol. The van der Waals surface area contributed by atoms with Crippen LogP contribution in [0.1, 0.15) is 21.5 Å². The van der Waals surface area contributed by atoms with E-state index in [0.29, 0.717) is 16.8 Å². The number of aliphatic carboxylic acids is 1. The Labute approximate surface area is 194 Å². The summed E-state index contributed by atoms with van der Waals surface area (Å²) in [5, 5.41) is 23.6. The molecule has 33 heavy (non-hydrogen) atoms. The summed E-state index contributed by atoms with van der Waals surface area (Å²) in [6.45, 7) is 0. The number of nitrogens with one attached hydrogen (secondary N) is 2. The number of nitrogens with zero attached hydrogens (tertiary/aromatic N) is 1. The van der Waals surface area contributed by atoms with Crippen LogP contribution in [0.4, 0.5) is 10.5 Å². The SMILES string of the molecule is N#Cc1cccc(NC(=O)Oc2ccc(C[C@H](NC(=O)c3ccccc3Cl)C(=O)O)cc2)c1. The molecule has 3 aromatic rings. The lowest BCUT2D eigenvalue weighted by molar-refractivity contribution is -0.139. The van der Waals surface area contributed by atoms with Gasteiger partial charge in [0.15, 0.2) is 0 Å². The van der Waals surface area contributed by atoms with Crippen molar-refractivity contribution in [3.63, 3.8) is 0 Å². The fraction of sp³-hybridized carbons (Fsp3) is 0.0833. The summed E-state index contributed by atoms with van der Waals surface area (Å²) in [6.07, 6.45) is -0.730. The number of nitriles is 1. The Balaban J connectivity index is 1.60. The van der Waals surface area contributed by atoms with Crippen molar-refractivity contribution in [1.29, 1.82) is 5.26 Å². The van der Waals surface area contributed by atoms with E-state index in [2.05, 4.69) is 10.6 Å². The van der Waals surface area contributed by atoms with Crippen LogP contribution in [-0.2, 0) is 11.2 Å². The average Bonchev–Trinajstić information content (AvgIpc) is 2.80. The third-order valence-corrected chi connectivity index (χ3v) is 4.86. The number of anilines is 1. The van der Waals surface area contributed by atoms with Gasteiger partial charge in [0.2, 0.25) is 0 Å². The minimum atomic E-state index is -1.20. The number of carboxylic acids is 1. The molecule has 0 bridgehead atoms. The number of ether oxygens (including phenoxy) is 1. The van der Waals surface area contributed by atoms with Gasteiger partial charge in [-0.3, -0.25) is 10.1 Å². The summed E-state index contributed by atoms with van der Waals surface area (Å²) in [7, 11) is 0. The summed E-state index contributed by atoms with van der Waals surface area (Å²) in [5.41, 5.74) is 1.60. The molecule has 0 aliphatic carbocycles. The van der Waals surface area contributed by atoms with Gasteiger partial charge in [0.05, 0.1) is 22.2 Å². The zero-order valence-electron chi connectivity index (χ0n) is 17.1. The van der Waals surface area contributed by atoms with Crippen molar-refractivity contribution in [3.05, 3.63) is 94.5 Å². The summed E-state index contributed by atoms with van der Waals surface area (Å²) in [5.74, 6) is -1.56. The molecule has 0 saturated heterocycles. The van der Waals surface area contributed by atoms with E-state index in [0.717, 1.165) is 0 Å². The molecule has 0 saturated carbocycles. The second-order valence-corrected chi connectivity index (χ2v) is 7.31. The molecule has 3 rings (SSSR count). The van der Waals surface area contributed by atoms with Crippen LogP contribution in [0.25, 0.3) is 0 Å². The molecule has 9 heteroatoms. The predicted octanol–water partition coefficient (Wildman–Crippen LogP) is 4.25.